The van der Waals surface area contributed by atoms with E-state index < -0.39 is 10.0 Å². The van der Waals surface area contributed by atoms with Crippen LogP contribution in [0.2, 0.25) is 0 Å². The fourth-order valence-electron chi connectivity index (χ4n) is 3.22. The third-order valence-electron chi connectivity index (χ3n) is 4.91. The fraction of sp³-hybridized carbons (Fsp3) is 0.263. The van der Waals surface area contributed by atoms with Crippen LogP contribution >= 0.6 is 0 Å². The molecule has 0 amide bonds. The van der Waals surface area contributed by atoms with E-state index in [0.717, 1.165) is 11.1 Å². The van der Waals surface area contributed by atoms with E-state index >= 15 is 0 Å². The highest BCUT2D eigenvalue weighted by atomic mass is 32.2. The van der Waals surface area contributed by atoms with Crippen LogP contribution in [0.3, 0.4) is 0 Å². The lowest BCUT2D eigenvalue weighted by atomic mass is 10.1. The molecule has 4 rings (SSSR count). The van der Waals surface area contributed by atoms with Gasteiger partial charge in [0.25, 0.3) is 0 Å². The first-order valence-corrected chi connectivity index (χ1v) is 11.1. The number of rotatable bonds is 5. The molecule has 0 atom stereocenters. The number of anilines is 2. The van der Waals surface area contributed by atoms with Gasteiger partial charge in [0.1, 0.15) is 5.69 Å². The molecule has 0 spiro atoms. The van der Waals surface area contributed by atoms with Crippen LogP contribution in [-0.4, -0.2) is 56.7 Å². The van der Waals surface area contributed by atoms with Crippen LogP contribution in [0.25, 0.3) is 28.5 Å². The summed E-state index contributed by atoms with van der Waals surface area (Å²) in [4.78, 5) is 13.3. The van der Waals surface area contributed by atoms with Gasteiger partial charge in [-0.15, -0.1) is 0 Å². The number of aromatic amines is 1. The smallest absolute Gasteiger partial charge is 0.214 e. The van der Waals surface area contributed by atoms with Gasteiger partial charge in [-0.25, -0.2) is 23.4 Å². The highest BCUT2D eigenvalue weighted by Crippen LogP contribution is 2.27. The van der Waals surface area contributed by atoms with E-state index in [-0.39, 0.29) is 11.6 Å². The molecular formula is C19H22N8O2S. The van der Waals surface area contributed by atoms with Crippen LogP contribution < -0.4 is 11.5 Å². The van der Waals surface area contributed by atoms with Gasteiger partial charge in [-0.2, -0.15) is 9.40 Å². The van der Waals surface area contributed by atoms with Crippen molar-refractivity contribution in [1.82, 2.24) is 29.5 Å². The van der Waals surface area contributed by atoms with Crippen LogP contribution in [0.4, 0.5) is 11.5 Å². The van der Waals surface area contributed by atoms with Crippen molar-refractivity contribution in [1.29, 1.82) is 0 Å². The molecule has 1 aliphatic heterocycles. The quantitative estimate of drug-likeness (QED) is 0.518. The average molecular weight is 427 g/mol. The summed E-state index contributed by atoms with van der Waals surface area (Å²) in [6, 6.07) is 7.25. The Morgan fingerprint density at radius 1 is 1.23 bits per heavy atom. The molecule has 0 unspecified atom stereocenters. The van der Waals surface area contributed by atoms with Crippen LogP contribution in [0.5, 0.6) is 0 Å². The Labute approximate surface area is 174 Å². The van der Waals surface area contributed by atoms with Gasteiger partial charge in [-0.05, 0) is 31.1 Å². The Hall–Kier alpha value is -3.31. The van der Waals surface area contributed by atoms with Crippen molar-refractivity contribution in [3.63, 3.8) is 0 Å². The molecule has 0 aliphatic carbocycles. The number of H-pyrrole nitrogens is 1. The number of benzene rings is 1. The predicted octanol–water partition coefficient (Wildman–Crippen LogP) is 1.53. The van der Waals surface area contributed by atoms with Crippen molar-refractivity contribution >= 4 is 27.1 Å². The van der Waals surface area contributed by atoms with Crippen molar-refractivity contribution in [2.24, 2.45) is 0 Å². The summed E-state index contributed by atoms with van der Waals surface area (Å²) in [7, 11) is -3.21. The highest BCUT2D eigenvalue weighted by molar-refractivity contribution is 7.89. The Balaban J connectivity index is 1.62. The molecule has 11 heteroatoms. The summed E-state index contributed by atoms with van der Waals surface area (Å²) in [5, 5.41) is 7.08. The molecule has 3 heterocycles. The van der Waals surface area contributed by atoms with Crippen molar-refractivity contribution < 1.29 is 8.42 Å². The second-order valence-corrected chi connectivity index (χ2v) is 9.12. The summed E-state index contributed by atoms with van der Waals surface area (Å²) in [5.41, 5.74) is 15.2. The summed E-state index contributed by atoms with van der Waals surface area (Å²) in [5.74, 6) is 1.18. The fourth-order valence-corrected chi connectivity index (χ4v) is 4.26. The first kappa shape index (κ1) is 20.0. The number of nitrogens with zero attached hydrogens (tertiary/aromatic N) is 5. The van der Waals surface area contributed by atoms with Gasteiger partial charge in [-0.1, -0.05) is 18.2 Å². The lowest BCUT2D eigenvalue weighted by Gasteiger charge is -2.25. The summed E-state index contributed by atoms with van der Waals surface area (Å²) < 4.78 is 25.6. The summed E-state index contributed by atoms with van der Waals surface area (Å²) in [6.07, 6.45) is 3.99. The largest absolute Gasteiger partial charge is 0.399 e. The second kappa shape index (κ2) is 7.84. The second-order valence-electron chi connectivity index (χ2n) is 6.86. The van der Waals surface area contributed by atoms with E-state index in [2.05, 4.69) is 25.1 Å². The first-order chi connectivity index (χ1) is 14.4. The molecule has 1 aromatic carbocycles. The van der Waals surface area contributed by atoms with Gasteiger partial charge in [0.15, 0.2) is 17.5 Å². The Morgan fingerprint density at radius 2 is 2.07 bits per heavy atom. The minimum Gasteiger partial charge on any atom is -0.399 e. The van der Waals surface area contributed by atoms with E-state index in [0.29, 0.717) is 48.2 Å². The van der Waals surface area contributed by atoms with E-state index in [1.54, 1.807) is 25.3 Å². The third kappa shape index (κ3) is 3.89. The molecular weight excluding hydrogens is 404 g/mol. The van der Waals surface area contributed by atoms with Crippen molar-refractivity contribution in [2.75, 3.05) is 30.3 Å². The molecule has 0 saturated carbocycles. The SMILES string of the molecule is CCS(=O)(=O)N1CC=C(c2cnc(N)c(-c3nc(-c4cccc(N)c4)n[nH]3)n2)CC1. The lowest BCUT2D eigenvalue weighted by molar-refractivity contribution is 0.442. The van der Waals surface area contributed by atoms with Crippen LogP contribution in [0, 0.1) is 0 Å². The van der Waals surface area contributed by atoms with Gasteiger partial charge >= 0.3 is 0 Å². The van der Waals surface area contributed by atoms with Crippen molar-refractivity contribution in [2.45, 2.75) is 13.3 Å². The first-order valence-electron chi connectivity index (χ1n) is 9.46. The van der Waals surface area contributed by atoms with Crippen molar-refractivity contribution in [3.8, 4) is 22.9 Å². The molecule has 5 N–H and O–H groups in total. The zero-order valence-electron chi connectivity index (χ0n) is 16.4. The maximum atomic E-state index is 12.0. The number of nitrogens with one attached hydrogen (secondary N) is 1. The molecule has 0 radical (unpaired) electrons. The minimum atomic E-state index is -3.21. The topological polar surface area (TPSA) is 157 Å². The van der Waals surface area contributed by atoms with E-state index in [1.807, 2.05) is 18.2 Å². The molecule has 2 aromatic heterocycles. The molecule has 0 saturated heterocycles. The molecule has 10 nitrogen and oxygen atoms in total. The number of aromatic nitrogens is 5. The number of sulfonamides is 1. The standard InChI is InChI=1S/C19H22N8O2S/c1-2-30(28,29)27-8-6-12(7-9-27)15-11-22-17(21)16(23-15)19-24-18(25-26-19)13-4-3-5-14(20)10-13/h3-6,10-11H,2,7-9,20H2,1H3,(H2,21,22)(H,24,25,26). The molecule has 0 bridgehead atoms. The molecule has 3 aromatic rings. The average Bonchev–Trinajstić information content (AvgIpc) is 3.24. The zero-order chi connectivity index (χ0) is 21.3. The monoisotopic (exact) mass is 426 g/mol. The number of hydrogen-bond acceptors (Lipinski definition) is 8. The van der Waals surface area contributed by atoms with Crippen LogP contribution in [0.15, 0.2) is 36.5 Å². The Bertz CT molecular complexity index is 1220. The van der Waals surface area contributed by atoms with Crippen LogP contribution in [0.1, 0.15) is 19.0 Å². The molecule has 0 fully saturated rings. The van der Waals surface area contributed by atoms with Gasteiger partial charge in [0.05, 0.1) is 17.6 Å². The molecule has 156 valence electrons. The maximum Gasteiger partial charge on any atom is 0.214 e. The summed E-state index contributed by atoms with van der Waals surface area (Å²) >= 11 is 0. The van der Waals surface area contributed by atoms with E-state index in [4.69, 9.17) is 11.5 Å². The predicted molar refractivity (Wildman–Crippen MR) is 115 cm³/mol. The maximum absolute atomic E-state index is 12.0. The number of hydrogen-bond donors (Lipinski definition) is 3. The number of nitrogen functional groups attached to an aromatic ring is 2. The summed E-state index contributed by atoms with van der Waals surface area (Å²) in [6.45, 7) is 2.36. The Kier molecular flexibility index (Phi) is 5.22. The van der Waals surface area contributed by atoms with Crippen molar-refractivity contribution in [3.05, 3.63) is 42.2 Å². The minimum absolute atomic E-state index is 0.0862. The normalized spacial score (nSPS) is 15.2. The van der Waals surface area contributed by atoms with E-state index in [1.165, 1.54) is 4.31 Å². The van der Waals surface area contributed by atoms with Crippen LogP contribution in [-0.2, 0) is 10.0 Å². The third-order valence-corrected chi connectivity index (χ3v) is 6.76. The van der Waals surface area contributed by atoms with Gasteiger partial charge in [-0.3, -0.25) is 5.10 Å². The van der Waals surface area contributed by atoms with Gasteiger partial charge < -0.3 is 11.5 Å². The lowest BCUT2D eigenvalue weighted by Crippen LogP contribution is -2.35. The van der Waals surface area contributed by atoms with E-state index in [9.17, 15) is 8.42 Å². The number of nitrogens with two attached hydrogens (primary N) is 2. The molecule has 30 heavy (non-hydrogen) atoms. The highest BCUT2D eigenvalue weighted by Gasteiger charge is 2.24. The Morgan fingerprint density at radius 3 is 2.77 bits per heavy atom. The van der Waals surface area contributed by atoms with Gasteiger partial charge in [0.2, 0.25) is 10.0 Å². The van der Waals surface area contributed by atoms with Gasteiger partial charge in [0, 0.05) is 24.3 Å². The molecule has 1 aliphatic rings. The zero-order valence-corrected chi connectivity index (χ0v) is 17.2.